The van der Waals surface area contributed by atoms with Crippen molar-refractivity contribution in [3.63, 3.8) is 0 Å². The summed E-state index contributed by atoms with van der Waals surface area (Å²) in [6.45, 7) is -0.0197. The van der Waals surface area contributed by atoms with Crippen LogP contribution < -0.4 is 20.0 Å². The molecule has 0 saturated carbocycles. The van der Waals surface area contributed by atoms with E-state index in [-0.39, 0.29) is 36.8 Å². The number of amides is 1. The number of nitrogens with zero attached hydrogens (tertiary/aromatic N) is 1. The number of ether oxygens (including phenoxy) is 3. The minimum atomic E-state index is -0.662. The molecule has 2 aromatic carbocycles. The van der Waals surface area contributed by atoms with Gasteiger partial charge in [-0.3, -0.25) is 9.59 Å². The van der Waals surface area contributed by atoms with Gasteiger partial charge in [-0.15, -0.1) is 0 Å². The van der Waals surface area contributed by atoms with Crippen LogP contribution in [-0.2, 0) is 20.9 Å². The number of anilines is 1. The van der Waals surface area contributed by atoms with Crippen molar-refractivity contribution in [1.29, 1.82) is 0 Å². The Morgan fingerprint density at radius 1 is 1.12 bits per heavy atom. The summed E-state index contributed by atoms with van der Waals surface area (Å²) in [7, 11) is 3.02. The highest BCUT2D eigenvalue weighted by molar-refractivity contribution is 6.00. The summed E-state index contributed by atoms with van der Waals surface area (Å²) >= 11 is 0. The van der Waals surface area contributed by atoms with E-state index in [1.54, 1.807) is 24.3 Å². The Labute approximate surface area is 182 Å². The van der Waals surface area contributed by atoms with Crippen molar-refractivity contribution in [1.82, 2.24) is 0 Å². The number of phenolic OH excluding ortho intramolecular Hbond substituents is 1. The van der Waals surface area contributed by atoms with Crippen molar-refractivity contribution in [3.05, 3.63) is 58.4 Å². The second kappa shape index (κ2) is 8.62. The first-order chi connectivity index (χ1) is 15.4. The van der Waals surface area contributed by atoms with E-state index >= 15 is 0 Å². The lowest BCUT2D eigenvalue weighted by molar-refractivity contribution is -0.149. The van der Waals surface area contributed by atoms with Crippen molar-refractivity contribution in [2.45, 2.75) is 13.0 Å². The average molecular weight is 439 g/mol. The second-order valence-electron chi connectivity index (χ2n) is 7.32. The molecule has 1 amide bonds. The van der Waals surface area contributed by atoms with Gasteiger partial charge in [-0.2, -0.15) is 0 Å². The monoisotopic (exact) mass is 439 g/mol. The number of fused-ring (bicyclic) bond motifs is 1. The van der Waals surface area contributed by atoms with E-state index in [1.807, 2.05) is 0 Å². The summed E-state index contributed by atoms with van der Waals surface area (Å²) < 4.78 is 21.0. The van der Waals surface area contributed by atoms with Crippen LogP contribution in [0.4, 0.5) is 5.69 Å². The molecule has 0 radical (unpaired) electrons. The summed E-state index contributed by atoms with van der Waals surface area (Å²) in [6, 6.07) is 10.7. The molecule has 32 heavy (non-hydrogen) atoms. The quantitative estimate of drug-likeness (QED) is 0.460. The number of hydrogen-bond acceptors (Lipinski definition) is 8. The molecule has 1 saturated heterocycles. The molecule has 2 heterocycles. The van der Waals surface area contributed by atoms with Gasteiger partial charge in [-0.1, -0.05) is 0 Å². The lowest BCUT2D eigenvalue weighted by Gasteiger charge is -2.20. The number of hydrogen-bond donors (Lipinski definition) is 1. The largest absolute Gasteiger partial charge is 0.508 e. The van der Waals surface area contributed by atoms with E-state index in [0.717, 1.165) is 0 Å². The number of carbonyl (C=O) groups excluding carboxylic acids is 2. The number of methoxy groups -OCH3 is 2. The molecule has 0 unspecified atom stereocenters. The maximum absolute atomic E-state index is 12.7. The van der Waals surface area contributed by atoms with Gasteiger partial charge in [-0.05, 0) is 24.3 Å². The number of benzene rings is 2. The third-order valence-corrected chi connectivity index (χ3v) is 5.32. The highest BCUT2D eigenvalue weighted by atomic mass is 16.5. The van der Waals surface area contributed by atoms with Crippen molar-refractivity contribution in [2.24, 2.45) is 5.92 Å². The van der Waals surface area contributed by atoms with Crippen LogP contribution in [-0.4, -0.2) is 37.7 Å². The smallest absolute Gasteiger partial charge is 0.336 e. The van der Waals surface area contributed by atoms with Crippen LogP contribution in [0.1, 0.15) is 12.0 Å². The van der Waals surface area contributed by atoms with Crippen molar-refractivity contribution in [3.8, 4) is 17.2 Å². The van der Waals surface area contributed by atoms with Gasteiger partial charge in [0, 0.05) is 42.1 Å². The molecule has 1 atom stereocenters. The van der Waals surface area contributed by atoms with Crippen molar-refractivity contribution >= 4 is 28.5 Å². The Morgan fingerprint density at radius 2 is 1.94 bits per heavy atom. The number of aromatic hydroxyl groups is 1. The van der Waals surface area contributed by atoms with Crippen LogP contribution in [0.15, 0.2) is 51.7 Å². The predicted molar refractivity (Wildman–Crippen MR) is 114 cm³/mol. The second-order valence-corrected chi connectivity index (χ2v) is 7.32. The standard InChI is InChI=1S/C23H21NO8/c1-29-16-4-6-18(20(10-16)30-2)24-11-13(7-21(24)26)23(28)31-12-14-8-22(27)32-19-9-15(25)3-5-17(14)19/h3-6,8-10,13,25H,7,11-12H2,1-2H3/t13-/m0/s1. The maximum atomic E-state index is 12.7. The van der Waals surface area contributed by atoms with Crippen LogP contribution in [0.5, 0.6) is 17.2 Å². The summed E-state index contributed by atoms with van der Waals surface area (Å²) in [5.74, 6) is -0.443. The van der Waals surface area contributed by atoms with Crippen molar-refractivity contribution in [2.75, 3.05) is 25.7 Å². The van der Waals surface area contributed by atoms with Gasteiger partial charge in [0.05, 0.1) is 25.8 Å². The Kier molecular flexibility index (Phi) is 5.72. The SMILES string of the molecule is COc1ccc(N2C[C@@H](C(=O)OCc3cc(=O)oc4cc(O)ccc34)CC2=O)c(OC)c1. The molecule has 1 aliphatic rings. The van der Waals surface area contributed by atoms with Crippen LogP contribution in [0, 0.1) is 5.92 Å². The molecular weight excluding hydrogens is 418 g/mol. The van der Waals surface area contributed by atoms with E-state index in [9.17, 15) is 19.5 Å². The van der Waals surface area contributed by atoms with Crippen LogP contribution in [0.3, 0.4) is 0 Å². The topological polar surface area (TPSA) is 116 Å². The molecule has 1 aromatic heterocycles. The van der Waals surface area contributed by atoms with Gasteiger partial charge < -0.3 is 28.6 Å². The first kappa shape index (κ1) is 21.2. The molecule has 166 valence electrons. The van der Waals surface area contributed by atoms with Crippen LogP contribution >= 0.6 is 0 Å². The molecule has 4 rings (SSSR count). The number of esters is 1. The van der Waals surface area contributed by atoms with Crippen LogP contribution in [0.25, 0.3) is 11.0 Å². The minimum absolute atomic E-state index is 0.000431. The summed E-state index contributed by atoms with van der Waals surface area (Å²) in [5.41, 5.74) is 0.558. The third-order valence-electron chi connectivity index (χ3n) is 5.32. The lowest BCUT2D eigenvalue weighted by Crippen LogP contribution is -2.26. The Bertz CT molecular complexity index is 1250. The Hall–Kier alpha value is -4.01. The fraction of sp³-hybridized carbons (Fsp3) is 0.261. The first-order valence-corrected chi connectivity index (χ1v) is 9.84. The Morgan fingerprint density at radius 3 is 2.69 bits per heavy atom. The van der Waals surface area contributed by atoms with Gasteiger partial charge in [0.2, 0.25) is 5.91 Å². The minimum Gasteiger partial charge on any atom is -0.508 e. The number of rotatable bonds is 6. The summed E-state index contributed by atoms with van der Waals surface area (Å²) in [5, 5.41) is 10.1. The average Bonchev–Trinajstić information content (AvgIpc) is 3.17. The fourth-order valence-corrected chi connectivity index (χ4v) is 3.71. The van der Waals surface area contributed by atoms with E-state index < -0.39 is 17.5 Å². The molecule has 0 spiro atoms. The zero-order chi connectivity index (χ0) is 22.8. The summed E-state index contributed by atoms with van der Waals surface area (Å²) in [4.78, 5) is 38.6. The van der Waals surface area contributed by atoms with Gasteiger partial charge in [-0.25, -0.2) is 4.79 Å². The molecular formula is C23H21NO8. The summed E-state index contributed by atoms with van der Waals surface area (Å²) in [6.07, 6.45) is -0.000431. The highest BCUT2D eigenvalue weighted by Crippen LogP contribution is 2.36. The predicted octanol–water partition coefficient (Wildman–Crippen LogP) is 2.61. The molecule has 0 bridgehead atoms. The van der Waals surface area contributed by atoms with E-state index in [4.69, 9.17) is 18.6 Å². The van der Waals surface area contributed by atoms with E-state index in [2.05, 4.69) is 0 Å². The van der Waals surface area contributed by atoms with E-state index in [0.29, 0.717) is 28.1 Å². The number of carbonyl (C=O) groups is 2. The third kappa shape index (κ3) is 4.09. The lowest BCUT2D eigenvalue weighted by atomic mass is 10.1. The molecule has 9 nitrogen and oxygen atoms in total. The van der Waals surface area contributed by atoms with Gasteiger partial charge >= 0.3 is 11.6 Å². The molecule has 1 fully saturated rings. The Balaban J connectivity index is 1.48. The van der Waals surface area contributed by atoms with Gasteiger partial charge in [0.25, 0.3) is 0 Å². The molecule has 3 aromatic rings. The zero-order valence-corrected chi connectivity index (χ0v) is 17.5. The maximum Gasteiger partial charge on any atom is 0.336 e. The molecule has 1 aliphatic heterocycles. The fourth-order valence-electron chi connectivity index (χ4n) is 3.71. The van der Waals surface area contributed by atoms with Gasteiger partial charge in [0.15, 0.2) is 0 Å². The normalized spacial score (nSPS) is 15.8. The first-order valence-electron chi connectivity index (χ1n) is 9.84. The number of phenols is 1. The molecule has 1 N–H and O–H groups in total. The van der Waals surface area contributed by atoms with Crippen LogP contribution in [0.2, 0.25) is 0 Å². The zero-order valence-electron chi connectivity index (χ0n) is 17.5. The van der Waals surface area contributed by atoms with Crippen molar-refractivity contribution < 1.29 is 33.3 Å². The highest BCUT2D eigenvalue weighted by Gasteiger charge is 2.37. The molecule has 9 heteroatoms. The van der Waals surface area contributed by atoms with E-state index in [1.165, 1.54) is 37.3 Å². The molecule has 0 aliphatic carbocycles. The van der Waals surface area contributed by atoms with Gasteiger partial charge in [0.1, 0.15) is 29.4 Å².